The molecule has 9 heteroatoms. The van der Waals surface area contributed by atoms with Gasteiger partial charge in [0.1, 0.15) is 17.2 Å². The van der Waals surface area contributed by atoms with E-state index in [0.29, 0.717) is 30.3 Å². The van der Waals surface area contributed by atoms with E-state index >= 15 is 0 Å². The van der Waals surface area contributed by atoms with Gasteiger partial charge in [-0.05, 0) is 54.0 Å². The molecule has 0 atom stereocenters. The van der Waals surface area contributed by atoms with Gasteiger partial charge in [0.25, 0.3) is 11.5 Å². The minimum Gasteiger partial charge on any atom is -0.339 e. The van der Waals surface area contributed by atoms with E-state index in [1.165, 1.54) is 11.3 Å². The van der Waals surface area contributed by atoms with Crippen LogP contribution in [0, 0.1) is 5.41 Å². The Labute approximate surface area is 221 Å². The van der Waals surface area contributed by atoms with Gasteiger partial charge in [-0.2, -0.15) is 5.10 Å². The summed E-state index contributed by atoms with van der Waals surface area (Å²) in [6.45, 7) is 8.00. The topological polar surface area (TPSA) is 90.0 Å². The van der Waals surface area contributed by atoms with Crippen molar-refractivity contribution in [1.82, 2.24) is 23.9 Å². The summed E-state index contributed by atoms with van der Waals surface area (Å²) in [6, 6.07) is 7.73. The van der Waals surface area contributed by atoms with Crippen molar-refractivity contribution in [3.8, 4) is 11.1 Å². The predicted molar refractivity (Wildman–Crippen MR) is 148 cm³/mol. The van der Waals surface area contributed by atoms with Crippen LogP contribution < -0.4 is 15.8 Å². The molecule has 2 aliphatic rings. The molecule has 0 saturated carbocycles. The van der Waals surface area contributed by atoms with Crippen LogP contribution in [0.4, 0.5) is 17.3 Å². The van der Waals surface area contributed by atoms with Crippen LogP contribution in [0.2, 0.25) is 0 Å². The molecule has 0 unspecified atom stereocenters. The third kappa shape index (κ3) is 3.93. The Balaban J connectivity index is 1.38. The highest BCUT2D eigenvalue weighted by Gasteiger charge is 2.37. The van der Waals surface area contributed by atoms with Crippen LogP contribution in [0.5, 0.6) is 0 Å². The first kappa shape index (κ1) is 24.2. The summed E-state index contributed by atoms with van der Waals surface area (Å²) in [5, 5.41) is 7.50. The predicted octanol–water partition coefficient (Wildman–Crippen LogP) is 4.07. The second-order valence-corrected chi connectivity index (χ2v) is 11.2. The van der Waals surface area contributed by atoms with E-state index in [-0.39, 0.29) is 16.9 Å². The molecule has 0 spiro atoms. The van der Waals surface area contributed by atoms with E-state index in [4.69, 9.17) is 4.98 Å². The number of pyridine rings is 2. The molecule has 4 aromatic heterocycles. The van der Waals surface area contributed by atoms with Crippen LogP contribution in [-0.2, 0) is 39.9 Å². The number of hydrogen-bond donors (Lipinski definition) is 1. The van der Waals surface area contributed by atoms with E-state index < -0.39 is 0 Å². The van der Waals surface area contributed by atoms with E-state index in [9.17, 15) is 9.59 Å². The Morgan fingerprint density at radius 1 is 1.08 bits per heavy atom. The Hall–Kier alpha value is -4.14. The van der Waals surface area contributed by atoms with E-state index in [1.54, 1.807) is 22.5 Å². The maximum absolute atomic E-state index is 13.8. The minimum absolute atomic E-state index is 0.000718. The summed E-state index contributed by atoms with van der Waals surface area (Å²) in [4.78, 5) is 33.2. The maximum Gasteiger partial charge on any atom is 0.276 e. The molecule has 1 aliphatic carbocycles. The molecular weight excluding hydrogens is 478 g/mol. The van der Waals surface area contributed by atoms with E-state index in [0.717, 1.165) is 41.8 Å². The molecule has 196 valence electrons. The van der Waals surface area contributed by atoms with Gasteiger partial charge in [0.15, 0.2) is 5.82 Å². The fourth-order valence-electron chi connectivity index (χ4n) is 6.01. The number of nitrogens with one attached hydrogen (secondary N) is 1. The standard InChI is InChI=1S/C29H33N7O2/c1-6-20-21(19-13-22(27(37)33(4)17-19)31-25-8-10-34(5)32-25)7-9-30-26(20)36-12-11-35-23(28(36)38)14-18-15-29(2,3)16-24(18)35/h7-10,13-14,17H,6,11-12,15-16H2,1-5H3,(H,31,32). The zero-order valence-electron chi connectivity index (χ0n) is 22.6. The molecule has 1 N–H and O–H groups in total. The van der Waals surface area contributed by atoms with Crippen molar-refractivity contribution in [2.45, 2.75) is 46.6 Å². The van der Waals surface area contributed by atoms with Crippen molar-refractivity contribution < 1.29 is 4.79 Å². The summed E-state index contributed by atoms with van der Waals surface area (Å²) < 4.78 is 5.48. The first-order valence-electron chi connectivity index (χ1n) is 13.1. The van der Waals surface area contributed by atoms with Gasteiger partial charge in [0.05, 0.1) is 0 Å². The molecule has 6 rings (SSSR count). The summed E-state index contributed by atoms with van der Waals surface area (Å²) >= 11 is 0. The maximum atomic E-state index is 13.8. The molecule has 5 heterocycles. The zero-order chi connectivity index (χ0) is 26.8. The van der Waals surface area contributed by atoms with Crippen LogP contribution in [0.3, 0.4) is 0 Å². The molecule has 38 heavy (non-hydrogen) atoms. The van der Waals surface area contributed by atoms with Gasteiger partial charge >= 0.3 is 0 Å². The van der Waals surface area contributed by atoms with E-state index in [2.05, 4.69) is 41.8 Å². The van der Waals surface area contributed by atoms with Crippen LogP contribution in [0.25, 0.3) is 11.1 Å². The third-order valence-electron chi connectivity index (χ3n) is 7.74. The molecule has 0 bridgehead atoms. The second kappa shape index (κ2) is 8.72. The van der Waals surface area contributed by atoms with E-state index in [1.807, 2.05) is 42.5 Å². The van der Waals surface area contributed by atoms with Gasteiger partial charge in [-0.3, -0.25) is 19.2 Å². The Kier molecular flexibility index (Phi) is 5.55. The molecule has 4 aromatic rings. The number of carbonyl (C=O) groups is 1. The summed E-state index contributed by atoms with van der Waals surface area (Å²) in [7, 11) is 3.57. The SMILES string of the molecule is CCc1c(-c2cc(Nc3ccn(C)n3)c(=O)n(C)c2)ccnc1N1CCn2c(cc3c2CC(C)(C)C3)C1=O. The minimum atomic E-state index is -0.144. The fourth-order valence-corrected chi connectivity index (χ4v) is 6.01. The van der Waals surface area contributed by atoms with Crippen LogP contribution in [0.15, 0.2) is 47.7 Å². The highest BCUT2D eigenvalue weighted by atomic mass is 16.2. The number of nitrogens with zero attached hydrogens (tertiary/aromatic N) is 6. The van der Waals surface area contributed by atoms with Crippen LogP contribution in [-0.4, -0.2) is 36.4 Å². The monoisotopic (exact) mass is 511 g/mol. The van der Waals surface area contributed by atoms with Crippen LogP contribution >= 0.6 is 0 Å². The zero-order valence-corrected chi connectivity index (χ0v) is 22.6. The molecular formula is C29H33N7O2. The number of carbonyl (C=O) groups excluding carboxylic acids is 1. The van der Waals surface area contributed by atoms with Gasteiger partial charge in [-0.15, -0.1) is 0 Å². The largest absolute Gasteiger partial charge is 0.339 e. The van der Waals surface area contributed by atoms with Crippen molar-refractivity contribution in [1.29, 1.82) is 0 Å². The highest BCUT2D eigenvalue weighted by Crippen LogP contribution is 2.40. The lowest BCUT2D eigenvalue weighted by Gasteiger charge is -2.31. The highest BCUT2D eigenvalue weighted by molar-refractivity contribution is 6.06. The summed E-state index contributed by atoms with van der Waals surface area (Å²) in [5.74, 6) is 1.29. The number of anilines is 3. The number of rotatable bonds is 5. The first-order chi connectivity index (χ1) is 18.1. The van der Waals surface area contributed by atoms with Crippen LogP contribution in [0.1, 0.15) is 48.1 Å². The van der Waals surface area contributed by atoms with Crippen molar-refractivity contribution in [3.05, 3.63) is 75.7 Å². The smallest absolute Gasteiger partial charge is 0.276 e. The number of aromatic nitrogens is 5. The fraction of sp³-hybridized carbons (Fsp3) is 0.379. The second-order valence-electron chi connectivity index (χ2n) is 11.2. The molecule has 9 nitrogen and oxygen atoms in total. The lowest BCUT2D eigenvalue weighted by atomic mass is 9.90. The number of amides is 1. The number of fused-ring (bicyclic) bond motifs is 3. The average molecular weight is 512 g/mol. The Morgan fingerprint density at radius 2 is 1.89 bits per heavy atom. The molecule has 1 amide bonds. The lowest BCUT2D eigenvalue weighted by molar-refractivity contribution is 0.0963. The molecule has 0 fully saturated rings. The molecule has 0 radical (unpaired) electrons. The van der Waals surface area contributed by atoms with Crippen molar-refractivity contribution in [2.75, 3.05) is 16.8 Å². The number of hydrogen-bond acceptors (Lipinski definition) is 5. The Bertz CT molecular complexity index is 1640. The molecule has 0 saturated heterocycles. The summed E-state index contributed by atoms with van der Waals surface area (Å²) in [5.41, 5.74) is 6.73. The summed E-state index contributed by atoms with van der Waals surface area (Å²) in [6.07, 6.45) is 8.11. The van der Waals surface area contributed by atoms with Gasteiger partial charge in [-0.1, -0.05) is 20.8 Å². The third-order valence-corrected chi connectivity index (χ3v) is 7.74. The molecule has 1 aliphatic heterocycles. The van der Waals surface area contributed by atoms with Crippen molar-refractivity contribution in [2.24, 2.45) is 19.5 Å². The van der Waals surface area contributed by atoms with Crippen molar-refractivity contribution >= 4 is 23.2 Å². The number of aryl methyl sites for hydroxylation is 2. The van der Waals surface area contributed by atoms with Crippen molar-refractivity contribution in [3.63, 3.8) is 0 Å². The lowest BCUT2D eigenvalue weighted by Crippen LogP contribution is -2.41. The van der Waals surface area contributed by atoms with Gasteiger partial charge in [0, 0.05) is 68.7 Å². The quantitative estimate of drug-likeness (QED) is 0.436. The van der Waals surface area contributed by atoms with Gasteiger partial charge in [0.2, 0.25) is 0 Å². The average Bonchev–Trinajstić information content (AvgIpc) is 3.53. The van der Waals surface area contributed by atoms with Gasteiger partial charge < -0.3 is 14.5 Å². The molecule has 0 aromatic carbocycles. The normalized spacial score (nSPS) is 16.0. The van der Waals surface area contributed by atoms with Gasteiger partial charge in [-0.25, -0.2) is 4.98 Å². The first-order valence-corrected chi connectivity index (χ1v) is 13.1. The Morgan fingerprint density at radius 3 is 2.63 bits per heavy atom.